The van der Waals surface area contributed by atoms with Crippen LogP contribution in [0, 0.1) is 23.2 Å². The normalized spacial score (nSPS) is 36.0. The van der Waals surface area contributed by atoms with E-state index in [0.717, 1.165) is 18.5 Å². The van der Waals surface area contributed by atoms with Gasteiger partial charge in [0, 0.05) is 12.6 Å². The van der Waals surface area contributed by atoms with Gasteiger partial charge in [-0.25, -0.2) is 0 Å². The van der Waals surface area contributed by atoms with E-state index in [-0.39, 0.29) is 0 Å². The van der Waals surface area contributed by atoms with Crippen LogP contribution in [0.25, 0.3) is 0 Å². The summed E-state index contributed by atoms with van der Waals surface area (Å²) in [6.07, 6.45) is 10.7. The number of aliphatic hydroxyl groups excluding tert-OH is 1. The highest BCUT2D eigenvalue weighted by molar-refractivity contribution is 4.85. The molecule has 2 unspecified atom stereocenters. The third kappa shape index (κ3) is 4.46. The van der Waals surface area contributed by atoms with E-state index in [9.17, 15) is 5.11 Å². The highest BCUT2D eigenvalue weighted by Crippen LogP contribution is 2.38. The van der Waals surface area contributed by atoms with Gasteiger partial charge in [0.1, 0.15) is 0 Å². The smallest absolute Gasteiger partial charge is 0.0462 e. The average Bonchev–Trinajstić information content (AvgIpc) is 2.45. The molecule has 0 aliphatic heterocycles. The van der Waals surface area contributed by atoms with Gasteiger partial charge in [0.05, 0.1) is 0 Å². The van der Waals surface area contributed by atoms with Crippen LogP contribution in [0.3, 0.4) is 0 Å². The van der Waals surface area contributed by atoms with Crippen molar-refractivity contribution in [3.05, 3.63) is 0 Å². The highest BCUT2D eigenvalue weighted by Gasteiger charge is 2.30. The molecular weight excluding hydrogens is 246 g/mol. The van der Waals surface area contributed by atoms with E-state index in [0.29, 0.717) is 23.9 Å². The first-order valence-electron chi connectivity index (χ1n) is 8.85. The lowest BCUT2D eigenvalue weighted by Crippen LogP contribution is -2.40. The predicted molar refractivity (Wildman–Crippen MR) is 85.7 cm³/mol. The Morgan fingerprint density at radius 3 is 2.05 bits per heavy atom. The maximum atomic E-state index is 9.49. The Hall–Kier alpha value is -0.0800. The van der Waals surface area contributed by atoms with Crippen LogP contribution in [0.5, 0.6) is 0 Å². The zero-order valence-corrected chi connectivity index (χ0v) is 13.8. The molecule has 0 aromatic rings. The molecule has 0 saturated heterocycles. The van der Waals surface area contributed by atoms with Crippen molar-refractivity contribution in [3.63, 3.8) is 0 Å². The minimum atomic E-state index is 0.392. The molecule has 0 aromatic heterocycles. The Bertz CT molecular complexity index is 276. The molecule has 0 heterocycles. The van der Waals surface area contributed by atoms with Crippen molar-refractivity contribution in [2.45, 2.75) is 78.2 Å². The number of nitrogens with one attached hydrogen (secondary N) is 1. The Balaban J connectivity index is 1.70. The van der Waals surface area contributed by atoms with Crippen molar-refractivity contribution in [1.82, 2.24) is 5.32 Å². The Labute approximate surface area is 125 Å². The zero-order valence-electron chi connectivity index (χ0n) is 13.8. The third-order valence-corrected chi connectivity index (χ3v) is 5.92. The van der Waals surface area contributed by atoms with Crippen LogP contribution >= 0.6 is 0 Å². The monoisotopic (exact) mass is 281 g/mol. The summed E-state index contributed by atoms with van der Waals surface area (Å²) in [7, 11) is 0. The number of rotatable bonds is 4. The van der Waals surface area contributed by atoms with Gasteiger partial charge in [-0.2, -0.15) is 0 Å². The lowest BCUT2D eigenvalue weighted by atomic mass is 9.71. The molecule has 0 bridgehead atoms. The molecule has 2 atom stereocenters. The predicted octanol–water partition coefficient (Wildman–Crippen LogP) is 3.98. The molecule has 118 valence electrons. The summed E-state index contributed by atoms with van der Waals surface area (Å²) in [4.78, 5) is 0. The first-order valence-corrected chi connectivity index (χ1v) is 8.85. The molecule has 2 fully saturated rings. The van der Waals surface area contributed by atoms with Crippen LogP contribution in [0.4, 0.5) is 0 Å². The second-order valence-corrected chi connectivity index (χ2v) is 8.31. The number of aliphatic hydroxyl groups is 1. The first kappa shape index (κ1) is 16.3. The second-order valence-electron chi connectivity index (χ2n) is 8.31. The maximum Gasteiger partial charge on any atom is 0.0462 e. The SMILES string of the molecule is CC(C)(C)C1CCC(NCC2CCCCC2CO)CC1. The van der Waals surface area contributed by atoms with Crippen LogP contribution in [-0.4, -0.2) is 24.3 Å². The lowest BCUT2D eigenvalue weighted by molar-refractivity contribution is 0.122. The highest BCUT2D eigenvalue weighted by atomic mass is 16.3. The molecule has 2 aliphatic carbocycles. The summed E-state index contributed by atoms with van der Waals surface area (Å²) in [6.45, 7) is 8.69. The summed E-state index contributed by atoms with van der Waals surface area (Å²) in [5, 5.41) is 13.3. The van der Waals surface area contributed by atoms with Gasteiger partial charge in [0.2, 0.25) is 0 Å². The van der Waals surface area contributed by atoms with Crippen LogP contribution in [0.15, 0.2) is 0 Å². The van der Waals surface area contributed by atoms with E-state index in [4.69, 9.17) is 0 Å². The van der Waals surface area contributed by atoms with Gasteiger partial charge in [-0.1, -0.05) is 33.6 Å². The van der Waals surface area contributed by atoms with Gasteiger partial charge in [-0.15, -0.1) is 0 Å². The summed E-state index contributed by atoms with van der Waals surface area (Å²) >= 11 is 0. The van der Waals surface area contributed by atoms with E-state index >= 15 is 0 Å². The number of hydrogen-bond acceptors (Lipinski definition) is 2. The van der Waals surface area contributed by atoms with E-state index in [1.165, 1.54) is 51.4 Å². The fraction of sp³-hybridized carbons (Fsp3) is 1.00. The summed E-state index contributed by atoms with van der Waals surface area (Å²) in [6, 6.07) is 0.731. The molecule has 2 saturated carbocycles. The van der Waals surface area contributed by atoms with Gasteiger partial charge in [-0.05, 0) is 68.2 Å². The molecule has 2 nitrogen and oxygen atoms in total. The van der Waals surface area contributed by atoms with E-state index in [1.807, 2.05) is 0 Å². The minimum Gasteiger partial charge on any atom is -0.396 e. The Morgan fingerprint density at radius 2 is 1.50 bits per heavy atom. The molecule has 2 N–H and O–H groups in total. The summed E-state index contributed by atoms with van der Waals surface area (Å²) in [5.74, 6) is 2.18. The van der Waals surface area contributed by atoms with Gasteiger partial charge in [-0.3, -0.25) is 0 Å². The van der Waals surface area contributed by atoms with Crippen LogP contribution in [0.2, 0.25) is 0 Å². The average molecular weight is 281 g/mol. The fourth-order valence-corrected chi connectivity index (χ4v) is 4.28. The molecule has 2 aliphatic rings. The van der Waals surface area contributed by atoms with Gasteiger partial charge in [0.25, 0.3) is 0 Å². The van der Waals surface area contributed by atoms with Crippen molar-refractivity contribution in [1.29, 1.82) is 0 Å². The summed E-state index contributed by atoms with van der Waals surface area (Å²) < 4.78 is 0. The Kier molecular flexibility index (Phi) is 5.92. The fourth-order valence-electron chi connectivity index (χ4n) is 4.28. The third-order valence-electron chi connectivity index (χ3n) is 5.92. The zero-order chi connectivity index (χ0) is 14.6. The van der Waals surface area contributed by atoms with Crippen LogP contribution < -0.4 is 5.32 Å². The summed E-state index contributed by atoms with van der Waals surface area (Å²) in [5.41, 5.74) is 0.482. The van der Waals surface area contributed by atoms with Crippen molar-refractivity contribution < 1.29 is 5.11 Å². The molecule has 0 amide bonds. The van der Waals surface area contributed by atoms with Crippen molar-refractivity contribution in [2.75, 3.05) is 13.2 Å². The van der Waals surface area contributed by atoms with Crippen molar-refractivity contribution in [3.8, 4) is 0 Å². The minimum absolute atomic E-state index is 0.392. The van der Waals surface area contributed by atoms with E-state index < -0.39 is 0 Å². The van der Waals surface area contributed by atoms with Gasteiger partial charge in [0.15, 0.2) is 0 Å². The second kappa shape index (κ2) is 7.26. The standard InChI is InChI=1S/C18H35NO/c1-18(2,3)16-8-10-17(11-9-16)19-12-14-6-4-5-7-15(14)13-20/h14-17,19-20H,4-13H2,1-3H3. The molecule has 2 rings (SSSR count). The lowest BCUT2D eigenvalue weighted by Gasteiger charge is -2.38. The molecule has 2 heteroatoms. The van der Waals surface area contributed by atoms with Crippen molar-refractivity contribution in [2.24, 2.45) is 23.2 Å². The van der Waals surface area contributed by atoms with E-state index in [2.05, 4.69) is 26.1 Å². The quantitative estimate of drug-likeness (QED) is 0.817. The Morgan fingerprint density at radius 1 is 0.900 bits per heavy atom. The molecule has 0 radical (unpaired) electrons. The van der Waals surface area contributed by atoms with Crippen LogP contribution in [0.1, 0.15) is 72.1 Å². The van der Waals surface area contributed by atoms with Crippen molar-refractivity contribution >= 4 is 0 Å². The molecule has 20 heavy (non-hydrogen) atoms. The van der Waals surface area contributed by atoms with E-state index in [1.54, 1.807) is 0 Å². The van der Waals surface area contributed by atoms with Gasteiger partial charge >= 0.3 is 0 Å². The molecule has 0 aromatic carbocycles. The topological polar surface area (TPSA) is 32.3 Å². The first-order chi connectivity index (χ1) is 9.50. The largest absolute Gasteiger partial charge is 0.396 e. The number of hydrogen-bond donors (Lipinski definition) is 2. The molecule has 0 spiro atoms. The maximum absolute atomic E-state index is 9.49. The van der Waals surface area contributed by atoms with Crippen LogP contribution in [-0.2, 0) is 0 Å². The molecular formula is C18H35NO. The van der Waals surface area contributed by atoms with Gasteiger partial charge < -0.3 is 10.4 Å².